The Morgan fingerprint density at radius 2 is 2.25 bits per heavy atom. The van der Waals surface area contributed by atoms with Gasteiger partial charge in [0.25, 0.3) is 0 Å². The number of thiophene rings is 1. The smallest absolute Gasteiger partial charge is 0.0465 e. The van der Waals surface area contributed by atoms with Crippen LogP contribution in [-0.2, 0) is 4.74 Å². The summed E-state index contributed by atoms with van der Waals surface area (Å²) in [4.78, 5) is 1.48. The first-order valence-corrected chi connectivity index (χ1v) is 6.85. The molecule has 1 aromatic heterocycles. The van der Waals surface area contributed by atoms with Gasteiger partial charge in [0.15, 0.2) is 0 Å². The highest BCUT2D eigenvalue weighted by Gasteiger charge is 2.20. The van der Waals surface area contributed by atoms with Crippen LogP contribution < -0.4 is 5.32 Å². The van der Waals surface area contributed by atoms with Crippen molar-refractivity contribution in [1.82, 2.24) is 5.32 Å². The maximum Gasteiger partial charge on any atom is 0.0465 e. The summed E-state index contributed by atoms with van der Waals surface area (Å²) in [5.74, 6) is 0.609. The lowest BCUT2D eigenvalue weighted by atomic mass is 9.95. The first kappa shape index (κ1) is 13.7. The van der Waals surface area contributed by atoms with E-state index in [1.54, 1.807) is 7.11 Å². The van der Waals surface area contributed by atoms with Crippen molar-refractivity contribution in [2.75, 3.05) is 20.3 Å². The van der Waals surface area contributed by atoms with Crippen molar-refractivity contribution in [3.63, 3.8) is 0 Å². The van der Waals surface area contributed by atoms with Crippen LogP contribution in [0.2, 0.25) is 0 Å². The molecule has 1 heterocycles. The van der Waals surface area contributed by atoms with E-state index in [9.17, 15) is 0 Å². The van der Waals surface area contributed by atoms with E-state index in [0.717, 1.165) is 19.6 Å². The zero-order valence-corrected chi connectivity index (χ0v) is 11.6. The van der Waals surface area contributed by atoms with Crippen LogP contribution in [0, 0.1) is 12.8 Å². The minimum atomic E-state index is 0.472. The van der Waals surface area contributed by atoms with Crippen LogP contribution in [0.1, 0.15) is 36.8 Å². The van der Waals surface area contributed by atoms with E-state index in [0.29, 0.717) is 12.0 Å². The van der Waals surface area contributed by atoms with Crippen LogP contribution >= 0.6 is 11.3 Å². The van der Waals surface area contributed by atoms with Crippen LogP contribution in [0.4, 0.5) is 0 Å². The highest BCUT2D eigenvalue weighted by Crippen LogP contribution is 2.30. The van der Waals surface area contributed by atoms with Crippen molar-refractivity contribution >= 4 is 11.3 Å². The molecule has 0 aliphatic heterocycles. The Bertz CT molecular complexity index is 298. The average molecular weight is 241 g/mol. The van der Waals surface area contributed by atoms with Crippen LogP contribution in [-0.4, -0.2) is 20.3 Å². The quantitative estimate of drug-likeness (QED) is 0.790. The fraction of sp³-hybridized carbons (Fsp3) is 0.692. The third kappa shape index (κ3) is 3.58. The minimum Gasteiger partial charge on any atom is -0.385 e. The largest absolute Gasteiger partial charge is 0.385 e. The Morgan fingerprint density at radius 1 is 1.50 bits per heavy atom. The number of nitrogens with one attached hydrogen (secondary N) is 1. The molecule has 92 valence electrons. The molecule has 0 bridgehead atoms. The highest BCUT2D eigenvalue weighted by molar-refractivity contribution is 7.10. The van der Waals surface area contributed by atoms with Crippen molar-refractivity contribution < 1.29 is 4.74 Å². The molecule has 1 aromatic rings. The molecule has 1 N–H and O–H groups in total. The molecule has 0 aliphatic carbocycles. The lowest BCUT2D eigenvalue weighted by Crippen LogP contribution is -2.27. The van der Waals surface area contributed by atoms with Crippen LogP contribution in [0.15, 0.2) is 11.4 Å². The fourth-order valence-corrected chi connectivity index (χ4v) is 3.08. The number of methoxy groups -OCH3 is 1. The molecule has 2 atom stereocenters. The van der Waals surface area contributed by atoms with E-state index in [1.807, 2.05) is 11.3 Å². The Hall–Kier alpha value is -0.380. The first-order valence-electron chi connectivity index (χ1n) is 5.97. The summed E-state index contributed by atoms with van der Waals surface area (Å²) in [6.07, 6.45) is 1.10. The summed E-state index contributed by atoms with van der Waals surface area (Å²) in [5.41, 5.74) is 1.40. The first-order chi connectivity index (χ1) is 7.70. The molecule has 0 saturated carbocycles. The molecule has 0 radical (unpaired) electrons. The summed E-state index contributed by atoms with van der Waals surface area (Å²) in [7, 11) is 1.77. The molecule has 0 aliphatic rings. The fourth-order valence-electron chi connectivity index (χ4n) is 1.95. The van der Waals surface area contributed by atoms with Gasteiger partial charge in [-0.3, -0.25) is 0 Å². The lowest BCUT2D eigenvalue weighted by Gasteiger charge is -2.24. The Labute approximate surface area is 103 Å². The molecule has 0 saturated heterocycles. The third-order valence-corrected chi connectivity index (χ3v) is 4.06. The van der Waals surface area contributed by atoms with Crippen molar-refractivity contribution in [1.29, 1.82) is 0 Å². The van der Waals surface area contributed by atoms with Crippen LogP contribution in [0.25, 0.3) is 0 Å². The zero-order chi connectivity index (χ0) is 12.0. The van der Waals surface area contributed by atoms with E-state index in [4.69, 9.17) is 4.74 Å². The molecule has 1 rings (SSSR count). The van der Waals surface area contributed by atoms with Gasteiger partial charge in [-0.2, -0.15) is 0 Å². The van der Waals surface area contributed by atoms with Gasteiger partial charge >= 0.3 is 0 Å². The summed E-state index contributed by atoms with van der Waals surface area (Å²) >= 11 is 1.86. The number of rotatable bonds is 7. The predicted octanol–water partition coefficient (Wildman–Crippen LogP) is 3.38. The second-order valence-electron chi connectivity index (χ2n) is 4.26. The molecule has 2 unspecified atom stereocenters. The Morgan fingerprint density at radius 3 is 2.75 bits per heavy atom. The van der Waals surface area contributed by atoms with Gasteiger partial charge in [-0.15, -0.1) is 11.3 Å². The molecular formula is C13H23NOS. The SMILES string of the molecule is CCNC(c1sccc1C)C(C)CCOC. The molecular weight excluding hydrogens is 218 g/mol. The maximum atomic E-state index is 5.16. The number of ether oxygens (including phenoxy) is 1. The summed E-state index contributed by atoms with van der Waals surface area (Å²) in [6, 6.07) is 2.67. The summed E-state index contributed by atoms with van der Waals surface area (Å²) < 4.78 is 5.16. The Balaban J connectivity index is 2.70. The van der Waals surface area contributed by atoms with Crippen LogP contribution in [0.5, 0.6) is 0 Å². The van der Waals surface area contributed by atoms with E-state index < -0.39 is 0 Å². The molecule has 2 nitrogen and oxygen atoms in total. The summed E-state index contributed by atoms with van der Waals surface area (Å²) in [6.45, 7) is 8.51. The van der Waals surface area contributed by atoms with Crippen LogP contribution in [0.3, 0.4) is 0 Å². The van der Waals surface area contributed by atoms with Crippen molar-refractivity contribution in [3.8, 4) is 0 Å². The van der Waals surface area contributed by atoms with E-state index >= 15 is 0 Å². The van der Waals surface area contributed by atoms with Crippen molar-refractivity contribution in [3.05, 3.63) is 21.9 Å². The standard InChI is InChI=1S/C13H23NOS/c1-5-14-12(10(2)6-8-15-4)13-11(3)7-9-16-13/h7,9-10,12,14H,5-6,8H2,1-4H3. The molecule has 0 aromatic carbocycles. The molecule has 0 spiro atoms. The predicted molar refractivity (Wildman–Crippen MR) is 71.1 cm³/mol. The van der Waals surface area contributed by atoms with Crippen molar-refractivity contribution in [2.45, 2.75) is 33.2 Å². The van der Waals surface area contributed by atoms with Gasteiger partial charge in [0, 0.05) is 24.6 Å². The van der Waals surface area contributed by atoms with E-state index in [1.165, 1.54) is 10.4 Å². The van der Waals surface area contributed by atoms with E-state index in [2.05, 4.69) is 37.5 Å². The number of hydrogen-bond acceptors (Lipinski definition) is 3. The molecule has 0 amide bonds. The molecule has 16 heavy (non-hydrogen) atoms. The van der Waals surface area contributed by atoms with Gasteiger partial charge in [0.1, 0.15) is 0 Å². The third-order valence-electron chi connectivity index (χ3n) is 2.95. The molecule has 0 fully saturated rings. The van der Waals surface area contributed by atoms with Gasteiger partial charge in [-0.1, -0.05) is 13.8 Å². The van der Waals surface area contributed by atoms with Gasteiger partial charge in [0.2, 0.25) is 0 Å². The van der Waals surface area contributed by atoms with E-state index in [-0.39, 0.29) is 0 Å². The number of hydrogen-bond donors (Lipinski definition) is 1. The summed E-state index contributed by atoms with van der Waals surface area (Å²) in [5, 5.41) is 5.77. The second-order valence-corrected chi connectivity index (χ2v) is 5.21. The zero-order valence-electron chi connectivity index (χ0n) is 10.7. The van der Waals surface area contributed by atoms with Gasteiger partial charge in [0.05, 0.1) is 0 Å². The van der Waals surface area contributed by atoms with Gasteiger partial charge in [-0.05, 0) is 42.8 Å². The second kappa shape index (κ2) is 7.05. The maximum absolute atomic E-state index is 5.16. The molecule has 3 heteroatoms. The average Bonchev–Trinajstić information content (AvgIpc) is 2.69. The Kier molecular flexibility index (Phi) is 6.03. The van der Waals surface area contributed by atoms with Gasteiger partial charge in [-0.25, -0.2) is 0 Å². The van der Waals surface area contributed by atoms with Crippen molar-refractivity contribution in [2.24, 2.45) is 5.92 Å². The van der Waals surface area contributed by atoms with Gasteiger partial charge < -0.3 is 10.1 Å². The monoisotopic (exact) mass is 241 g/mol. The normalized spacial score (nSPS) is 15.0. The number of aryl methyl sites for hydroxylation is 1. The topological polar surface area (TPSA) is 21.3 Å². The minimum absolute atomic E-state index is 0.472. The lowest BCUT2D eigenvalue weighted by molar-refractivity contribution is 0.171. The highest BCUT2D eigenvalue weighted by atomic mass is 32.1.